The van der Waals surface area contributed by atoms with Crippen molar-refractivity contribution in [2.75, 3.05) is 0 Å². The average molecular weight is 212 g/mol. The van der Waals surface area contributed by atoms with Crippen molar-refractivity contribution in [1.29, 1.82) is 0 Å². The van der Waals surface area contributed by atoms with Gasteiger partial charge in [-0.1, -0.05) is 0 Å². The van der Waals surface area contributed by atoms with Crippen LogP contribution in [0, 0.1) is 6.92 Å². The largest absolute Gasteiger partial charge is 0.350 e. The van der Waals surface area contributed by atoms with E-state index in [1.807, 2.05) is 12.3 Å². The summed E-state index contributed by atoms with van der Waals surface area (Å²) in [5.41, 5.74) is 5.97. The van der Waals surface area contributed by atoms with Gasteiger partial charge in [-0.15, -0.1) is 11.3 Å². The zero-order valence-corrected chi connectivity index (χ0v) is 9.57. The summed E-state index contributed by atoms with van der Waals surface area (Å²) in [6.07, 6.45) is 0. The monoisotopic (exact) mass is 212 g/mol. The Labute approximate surface area is 88.3 Å². The molecule has 0 aromatic carbocycles. The van der Waals surface area contributed by atoms with Gasteiger partial charge in [0.1, 0.15) is 0 Å². The predicted molar refractivity (Wildman–Crippen MR) is 59.2 cm³/mol. The fourth-order valence-electron chi connectivity index (χ4n) is 1.00. The summed E-state index contributed by atoms with van der Waals surface area (Å²) in [7, 11) is 0. The highest BCUT2D eigenvalue weighted by Gasteiger charge is 2.20. The first-order valence-electron chi connectivity index (χ1n) is 4.51. The van der Waals surface area contributed by atoms with E-state index in [0.717, 1.165) is 5.56 Å². The third kappa shape index (κ3) is 3.12. The molecule has 78 valence electrons. The van der Waals surface area contributed by atoms with Crippen LogP contribution in [0.1, 0.15) is 24.3 Å². The van der Waals surface area contributed by atoms with Crippen LogP contribution in [-0.4, -0.2) is 11.4 Å². The van der Waals surface area contributed by atoms with Crippen molar-refractivity contribution in [1.82, 2.24) is 5.32 Å². The van der Waals surface area contributed by atoms with Gasteiger partial charge < -0.3 is 11.1 Å². The number of nitrogens with two attached hydrogens (primary N) is 1. The molecule has 0 spiro atoms. The van der Waals surface area contributed by atoms with Gasteiger partial charge in [0.15, 0.2) is 0 Å². The number of aryl methyl sites for hydroxylation is 1. The quantitative estimate of drug-likeness (QED) is 0.796. The van der Waals surface area contributed by atoms with Crippen molar-refractivity contribution < 1.29 is 4.79 Å². The lowest BCUT2D eigenvalue weighted by molar-refractivity contribution is -0.125. The minimum Gasteiger partial charge on any atom is -0.350 e. The van der Waals surface area contributed by atoms with Gasteiger partial charge in [0, 0.05) is 11.4 Å². The van der Waals surface area contributed by atoms with Crippen LogP contribution in [0.5, 0.6) is 0 Å². The fourth-order valence-corrected chi connectivity index (χ4v) is 1.71. The topological polar surface area (TPSA) is 55.1 Å². The second-order valence-corrected chi connectivity index (χ2v) is 5.09. The predicted octanol–water partition coefficient (Wildman–Crippen LogP) is 1.41. The standard InChI is InChI=1S/C10H16N2OS/c1-7-4-8(6-14-7)5-12-9(13)10(2,3)11/h4,6H,5,11H2,1-3H3,(H,12,13). The Hall–Kier alpha value is -0.870. The minimum atomic E-state index is -0.801. The second-order valence-electron chi connectivity index (χ2n) is 3.97. The Morgan fingerprint density at radius 2 is 2.29 bits per heavy atom. The van der Waals surface area contributed by atoms with E-state index in [1.165, 1.54) is 4.88 Å². The Morgan fingerprint density at radius 1 is 1.64 bits per heavy atom. The van der Waals surface area contributed by atoms with Gasteiger partial charge in [-0.25, -0.2) is 0 Å². The van der Waals surface area contributed by atoms with Gasteiger partial charge in [-0.2, -0.15) is 0 Å². The van der Waals surface area contributed by atoms with Gasteiger partial charge in [-0.3, -0.25) is 4.79 Å². The molecule has 1 heterocycles. The average Bonchev–Trinajstić information content (AvgIpc) is 2.45. The van der Waals surface area contributed by atoms with Gasteiger partial charge >= 0.3 is 0 Å². The van der Waals surface area contributed by atoms with Crippen molar-refractivity contribution in [3.8, 4) is 0 Å². The normalized spacial score (nSPS) is 11.4. The van der Waals surface area contributed by atoms with Gasteiger partial charge in [-0.05, 0) is 37.8 Å². The van der Waals surface area contributed by atoms with Crippen molar-refractivity contribution >= 4 is 17.2 Å². The molecule has 0 unspecified atom stereocenters. The lowest BCUT2D eigenvalue weighted by atomic mass is 10.1. The van der Waals surface area contributed by atoms with E-state index in [1.54, 1.807) is 25.2 Å². The number of amides is 1. The zero-order valence-electron chi connectivity index (χ0n) is 8.76. The van der Waals surface area contributed by atoms with E-state index in [-0.39, 0.29) is 5.91 Å². The SMILES string of the molecule is Cc1cc(CNC(=O)C(C)(C)N)cs1. The molecule has 4 heteroatoms. The smallest absolute Gasteiger partial charge is 0.239 e. The fraction of sp³-hybridized carbons (Fsp3) is 0.500. The summed E-state index contributed by atoms with van der Waals surface area (Å²) in [6, 6.07) is 2.06. The number of hydrogen-bond donors (Lipinski definition) is 2. The van der Waals surface area contributed by atoms with E-state index in [0.29, 0.717) is 6.54 Å². The second kappa shape index (κ2) is 4.11. The highest BCUT2D eigenvalue weighted by Crippen LogP contribution is 2.12. The third-order valence-corrected chi connectivity index (χ3v) is 2.73. The number of rotatable bonds is 3. The molecule has 14 heavy (non-hydrogen) atoms. The Bertz CT molecular complexity index is 325. The van der Waals surface area contributed by atoms with Crippen LogP contribution in [0.25, 0.3) is 0 Å². The summed E-state index contributed by atoms with van der Waals surface area (Å²) in [6.45, 7) is 6.00. The Kier molecular flexibility index (Phi) is 3.29. The lowest BCUT2D eigenvalue weighted by Gasteiger charge is -2.17. The Morgan fingerprint density at radius 3 is 2.71 bits per heavy atom. The molecule has 0 saturated heterocycles. The first-order chi connectivity index (χ1) is 6.39. The molecule has 1 amide bonds. The van der Waals surface area contributed by atoms with Crippen LogP contribution in [-0.2, 0) is 11.3 Å². The first kappa shape index (κ1) is 11.2. The van der Waals surface area contributed by atoms with Gasteiger partial charge in [0.2, 0.25) is 5.91 Å². The minimum absolute atomic E-state index is 0.124. The van der Waals surface area contributed by atoms with Crippen molar-refractivity contribution in [2.24, 2.45) is 5.73 Å². The molecule has 0 aliphatic carbocycles. The number of hydrogen-bond acceptors (Lipinski definition) is 3. The van der Waals surface area contributed by atoms with E-state index < -0.39 is 5.54 Å². The van der Waals surface area contributed by atoms with Crippen molar-refractivity contribution in [2.45, 2.75) is 32.9 Å². The molecule has 0 aliphatic heterocycles. The molecular weight excluding hydrogens is 196 g/mol. The van der Waals surface area contributed by atoms with Crippen LogP contribution in [0.2, 0.25) is 0 Å². The summed E-state index contributed by atoms with van der Waals surface area (Å²) in [4.78, 5) is 12.7. The summed E-state index contributed by atoms with van der Waals surface area (Å²) in [5, 5.41) is 4.84. The van der Waals surface area contributed by atoms with Crippen LogP contribution in [0.4, 0.5) is 0 Å². The van der Waals surface area contributed by atoms with E-state index in [4.69, 9.17) is 5.73 Å². The number of carbonyl (C=O) groups is 1. The van der Waals surface area contributed by atoms with Crippen LogP contribution in [0.15, 0.2) is 11.4 Å². The number of carbonyl (C=O) groups excluding carboxylic acids is 1. The number of nitrogens with one attached hydrogen (secondary N) is 1. The molecule has 0 saturated carbocycles. The molecule has 0 atom stereocenters. The molecule has 1 aromatic heterocycles. The highest BCUT2D eigenvalue weighted by atomic mass is 32.1. The van der Waals surface area contributed by atoms with Crippen molar-refractivity contribution in [3.05, 3.63) is 21.9 Å². The van der Waals surface area contributed by atoms with E-state index in [9.17, 15) is 4.79 Å². The van der Waals surface area contributed by atoms with E-state index >= 15 is 0 Å². The van der Waals surface area contributed by atoms with Crippen LogP contribution in [0.3, 0.4) is 0 Å². The molecule has 1 aromatic rings. The molecule has 0 radical (unpaired) electrons. The first-order valence-corrected chi connectivity index (χ1v) is 5.39. The summed E-state index contributed by atoms with van der Waals surface area (Å²) < 4.78 is 0. The van der Waals surface area contributed by atoms with Crippen LogP contribution < -0.4 is 11.1 Å². The molecule has 0 bridgehead atoms. The maximum absolute atomic E-state index is 11.4. The molecule has 0 fully saturated rings. The molecule has 1 rings (SSSR count). The van der Waals surface area contributed by atoms with E-state index in [2.05, 4.69) is 11.4 Å². The molecule has 0 aliphatic rings. The maximum atomic E-state index is 11.4. The molecule has 3 nitrogen and oxygen atoms in total. The lowest BCUT2D eigenvalue weighted by Crippen LogP contribution is -2.48. The summed E-state index contributed by atoms with van der Waals surface area (Å²) >= 11 is 1.68. The highest BCUT2D eigenvalue weighted by molar-refractivity contribution is 7.10. The third-order valence-electron chi connectivity index (χ3n) is 1.82. The van der Waals surface area contributed by atoms with Crippen molar-refractivity contribution in [3.63, 3.8) is 0 Å². The molecule has 3 N–H and O–H groups in total. The Balaban J connectivity index is 2.46. The van der Waals surface area contributed by atoms with Gasteiger partial charge in [0.05, 0.1) is 5.54 Å². The maximum Gasteiger partial charge on any atom is 0.239 e. The summed E-state index contributed by atoms with van der Waals surface area (Å²) in [5.74, 6) is -0.124. The van der Waals surface area contributed by atoms with Gasteiger partial charge in [0.25, 0.3) is 0 Å². The van der Waals surface area contributed by atoms with Crippen LogP contribution >= 0.6 is 11.3 Å². The number of thiophene rings is 1. The zero-order chi connectivity index (χ0) is 10.8. The molecular formula is C10H16N2OS.